The molecule has 0 aliphatic carbocycles. The van der Waals surface area contributed by atoms with Gasteiger partial charge in [0.15, 0.2) is 18.1 Å². The molecule has 1 aromatic rings. The minimum Gasteiger partial charge on any atom is -0.493 e. The molecule has 0 heterocycles. The standard InChI is InChI=1S/C12H14O4/c1-3-5-9-6-4-7-10(15-2)12(9)16-8-11(13)14/h3-7H,8H2,1-2H3,(H,13,14)/b5-3-. The molecule has 4 heteroatoms. The molecule has 86 valence electrons. The van der Waals surface area contributed by atoms with Gasteiger partial charge in [-0.1, -0.05) is 24.3 Å². The molecule has 0 aromatic heterocycles. The van der Waals surface area contributed by atoms with Crippen molar-refractivity contribution in [2.24, 2.45) is 0 Å². The number of carbonyl (C=O) groups is 1. The number of benzene rings is 1. The van der Waals surface area contributed by atoms with Crippen LogP contribution in [0, 0.1) is 0 Å². The lowest BCUT2D eigenvalue weighted by Crippen LogP contribution is -2.10. The maximum atomic E-state index is 10.5. The predicted octanol–water partition coefficient (Wildman–Crippen LogP) is 2.19. The first-order valence-electron chi connectivity index (χ1n) is 4.83. The van der Waals surface area contributed by atoms with Crippen molar-refractivity contribution in [1.82, 2.24) is 0 Å². The van der Waals surface area contributed by atoms with Gasteiger partial charge >= 0.3 is 5.97 Å². The summed E-state index contributed by atoms with van der Waals surface area (Å²) >= 11 is 0. The zero-order chi connectivity index (χ0) is 12.0. The molecule has 0 radical (unpaired) electrons. The second-order valence-electron chi connectivity index (χ2n) is 3.06. The van der Waals surface area contributed by atoms with E-state index in [4.69, 9.17) is 14.6 Å². The van der Waals surface area contributed by atoms with Gasteiger partial charge in [-0.05, 0) is 13.0 Å². The van der Waals surface area contributed by atoms with E-state index < -0.39 is 5.97 Å². The number of methoxy groups -OCH3 is 1. The van der Waals surface area contributed by atoms with Crippen LogP contribution in [0.5, 0.6) is 11.5 Å². The summed E-state index contributed by atoms with van der Waals surface area (Å²) in [5, 5.41) is 8.58. The average molecular weight is 222 g/mol. The third kappa shape index (κ3) is 3.02. The minimum absolute atomic E-state index is 0.384. The summed E-state index contributed by atoms with van der Waals surface area (Å²) < 4.78 is 10.3. The van der Waals surface area contributed by atoms with E-state index in [1.165, 1.54) is 7.11 Å². The van der Waals surface area contributed by atoms with Gasteiger partial charge in [0.25, 0.3) is 0 Å². The molecule has 1 N–H and O–H groups in total. The van der Waals surface area contributed by atoms with Gasteiger partial charge in [0, 0.05) is 5.56 Å². The van der Waals surface area contributed by atoms with E-state index in [0.717, 1.165) is 5.56 Å². The molecule has 4 nitrogen and oxygen atoms in total. The molecule has 1 rings (SSSR count). The van der Waals surface area contributed by atoms with E-state index in [1.807, 2.05) is 31.2 Å². The Morgan fingerprint density at radius 1 is 1.50 bits per heavy atom. The van der Waals surface area contributed by atoms with E-state index in [-0.39, 0.29) is 6.61 Å². The van der Waals surface area contributed by atoms with Gasteiger partial charge in [0.2, 0.25) is 0 Å². The van der Waals surface area contributed by atoms with Crippen LogP contribution >= 0.6 is 0 Å². The highest BCUT2D eigenvalue weighted by Crippen LogP contribution is 2.31. The number of carboxylic acid groups (broad SMARTS) is 1. The van der Waals surface area contributed by atoms with Gasteiger partial charge in [0.1, 0.15) is 0 Å². The smallest absolute Gasteiger partial charge is 0.341 e. The SMILES string of the molecule is C/C=C\c1cccc(OC)c1OCC(=O)O. The quantitative estimate of drug-likeness (QED) is 0.829. The molecule has 0 bridgehead atoms. The third-order valence-corrected chi connectivity index (χ3v) is 1.92. The fraction of sp³-hybridized carbons (Fsp3) is 0.250. The van der Waals surface area contributed by atoms with Crippen LogP contribution in [0.15, 0.2) is 24.3 Å². The van der Waals surface area contributed by atoms with Gasteiger partial charge in [-0.2, -0.15) is 0 Å². The Morgan fingerprint density at radius 2 is 2.25 bits per heavy atom. The molecule has 0 aliphatic heterocycles. The normalized spacial score (nSPS) is 10.4. The maximum Gasteiger partial charge on any atom is 0.341 e. The van der Waals surface area contributed by atoms with Crippen molar-refractivity contribution >= 4 is 12.0 Å². The van der Waals surface area contributed by atoms with Crippen LogP contribution in [0.4, 0.5) is 0 Å². The Hall–Kier alpha value is -1.97. The monoisotopic (exact) mass is 222 g/mol. The molecule has 0 unspecified atom stereocenters. The number of allylic oxidation sites excluding steroid dienone is 1. The molecule has 16 heavy (non-hydrogen) atoms. The highest BCUT2D eigenvalue weighted by atomic mass is 16.5. The van der Waals surface area contributed by atoms with Gasteiger partial charge in [-0.15, -0.1) is 0 Å². The van der Waals surface area contributed by atoms with Crippen molar-refractivity contribution < 1.29 is 19.4 Å². The number of hydrogen-bond acceptors (Lipinski definition) is 3. The van der Waals surface area contributed by atoms with Gasteiger partial charge in [-0.25, -0.2) is 4.79 Å². The van der Waals surface area contributed by atoms with Crippen molar-refractivity contribution in [3.8, 4) is 11.5 Å². The van der Waals surface area contributed by atoms with Gasteiger partial charge in [-0.3, -0.25) is 0 Å². The number of ether oxygens (including phenoxy) is 2. The van der Waals surface area contributed by atoms with Crippen LogP contribution < -0.4 is 9.47 Å². The molecule has 0 atom stereocenters. The summed E-state index contributed by atoms with van der Waals surface area (Å²) in [6.07, 6.45) is 3.68. The highest BCUT2D eigenvalue weighted by Gasteiger charge is 2.09. The fourth-order valence-corrected chi connectivity index (χ4v) is 1.29. The fourth-order valence-electron chi connectivity index (χ4n) is 1.29. The van der Waals surface area contributed by atoms with Crippen molar-refractivity contribution in [3.05, 3.63) is 29.8 Å². The molecule has 0 saturated carbocycles. The molecule has 0 fully saturated rings. The van der Waals surface area contributed by atoms with Crippen LogP contribution in [0.3, 0.4) is 0 Å². The Kier molecular flexibility index (Phi) is 4.39. The number of aliphatic carboxylic acids is 1. The van der Waals surface area contributed by atoms with Crippen molar-refractivity contribution in [3.63, 3.8) is 0 Å². The van der Waals surface area contributed by atoms with Crippen LogP contribution in [0.1, 0.15) is 12.5 Å². The van der Waals surface area contributed by atoms with Gasteiger partial charge < -0.3 is 14.6 Å². The predicted molar refractivity (Wildman–Crippen MR) is 60.8 cm³/mol. The average Bonchev–Trinajstić information content (AvgIpc) is 2.27. The van der Waals surface area contributed by atoms with Crippen LogP contribution in [0.2, 0.25) is 0 Å². The minimum atomic E-state index is -1.02. The zero-order valence-electron chi connectivity index (χ0n) is 9.27. The van der Waals surface area contributed by atoms with Gasteiger partial charge in [0.05, 0.1) is 7.11 Å². The first-order valence-corrected chi connectivity index (χ1v) is 4.83. The van der Waals surface area contributed by atoms with E-state index in [9.17, 15) is 4.79 Å². The van der Waals surface area contributed by atoms with E-state index >= 15 is 0 Å². The molecule has 0 saturated heterocycles. The Balaban J connectivity index is 3.03. The lowest BCUT2D eigenvalue weighted by Gasteiger charge is -2.11. The Morgan fingerprint density at radius 3 is 2.81 bits per heavy atom. The van der Waals surface area contributed by atoms with Crippen LogP contribution in [-0.2, 0) is 4.79 Å². The van der Waals surface area contributed by atoms with Crippen molar-refractivity contribution in [1.29, 1.82) is 0 Å². The van der Waals surface area contributed by atoms with Crippen LogP contribution in [-0.4, -0.2) is 24.8 Å². The third-order valence-electron chi connectivity index (χ3n) is 1.92. The van der Waals surface area contributed by atoms with Crippen LogP contribution in [0.25, 0.3) is 6.08 Å². The van der Waals surface area contributed by atoms with E-state index in [2.05, 4.69) is 0 Å². The number of hydrogen-bond donors (Lipinski definition) is 1. The molecule has 0 spiro atoms. The topological polar surface area (TPSA) is 55.8 Å². The summed E-state index contributed by atoms with van der Waals surface area (Å²) in [5.74, 6) is -0.0420. The Bertz CT molecular complexity index is 396. The molecule has 1 aromatic carbocycles. The second-order valence-corrected chi connectivity index (χ2v) is 3.06. The molecule has 0 aliphatic rings. The number of para-hydroxylation sites is 1. The first-order chi connectivity index (χ1) is 7.69. The number of carboxylic acids is 1. The summed E-state index contributed by atoms with van der Waals surface area (Å²) in [7, 11) is 1.52. The van der Waals surface area contributed by atoms with E-state index in [0.29, 0.717) is 11.5 Å². The molecular formula is C12H14O4. The largest absolute Gasteiger partial charge is 0.493 e. The van der Waals surface area contributed by atoms with E-state index in [1.54, 1.807) is 6.07 Å². The lowest BCUT2D eigenvalue weighted by molar-refractivity contribution is -0.139. The second kappa shape index (κ2) is 5.80. The summed E-state index contributed by atoms with van der Waals surface area (Å²) in [6.45, 7) is 1.49. The van der Waals surface area contributed by atoms with Crippen molar-refractivity contribution in [2.45, 2.75) is 6.92 Å². The first kappa shape index (κ1) is 12.1. The Labute approximate surface area is 94.1 Å². The summed E-state index contributed by atoms with van der Waals surface area (Å²) in [4.78, 5) is 10.5. The highest BCUT2D eigenvalue weighted by molar-refractivity contribution is 5.69. The molecule has 0 amide bonds. The number of rotatable bonds is 5. The summed E-state index contributed by atoms with van der Waals surface area (Å²) in [6, 6.07) is 5.38. The maximum absolute atomic E-state index is 10.5. The summed E-state index contributed by atoms with van der Waals surface area (Å²) in [5.41, 5.74) is 0.795. The lowest BCUT2D eigenvalue weighted by atomic mass is 10.1. The van der Waals surface area contributed by atoms with Crippen molar-refractivity contribution in [2.75, 3.05) is 13.7 Å². The molecular weight excluding hydrogens is 208 g/mol. The zero-order valence-corrected chi connectivity index (χ0v) is 9.27.